The van der Waals surface area contributed by atoms with Crippen LogP contribution in [0.3, 0.4) is 0 Å². The van der Waals surface area contributed by atoms with Crippen molar-refractivity contribution in [1.29, 1.82) is 5.41 Å². The number of carbonyl (C=O) groups excluding carboxylic acids is 2. The molecular formula is C22H32N6O4. The van der Waals surface area contributed by atoms with Gasteiger partial charge in [-0.05, 0) is 39.0 Å². The van der Waals surface area contributed by atoms with Crippen molar-refractivity contribution in [2.24, 2.45) is 9.98 Å². The molecule has 0 bridgehead atoms. The molecule has 0 aliphatic heterocycles. The monoisotopic (exact) mass is 444 g/mol. The van der Waals surface area contributed by atoms with Crippen LogP contribution in [0.1, 0.15) is 31.1 Å². The van der Waals surface area contributed by atoms with E-state index in [0.29, 0.717) is 31.9 Å². The highest BCUT2D eigenvalue weighted by Crippen LogP contribution is 2.07. The quantitative estimate of drug-likeness (QED) is 0.213. The molecule has 0 aliphatic carbocycles. The van der Waals surface area contributed by atoms with Gasteiger partial charge in [-0.25, -0.2) is 14.8 Å². The van der Waals surface area contributed by atoms with E-state index in [1.807, 2.05) is 6.92 Å². The van der Waals surface area contributed by atoms with Gasteiger partial charge in [-0.15, -0.1) is 0 Å². The van der Waals surface area contributed by atoms with E-state index < -0.39 is 11.5 Å². The molecule has 1 rings (SSSR count). The van der Waals surface area contributed by atoms with Crippen LogP contribution in [-0.2, 0) is 14.3 Å². The van der Waals surface area contributed by atoms with E-state index in [1.54, 1.807) is 38.1 Å². The van der Waals surface area contributed by atoms with Gasteiger partial charge in [0.05, 0.1) is 37.4 Å². The number of amides is 1. The minimum Gasteiger partial charge on any atom is -0.460 e. The van der Waals surface area contributed by atoms with Gasteiger partial charge in [-0.2, -0.15) is 0 Å². The molecule has 0 aromatic carbocycles. The van der Waals surface area contributed by atoms with Gasteiger partial charge in [0.15, 0.2) is 0 Å². The normalized spacial score (nSPS) is 12.0. The summed E-state index contributed by atoms with van der Waals surface area (Å²) in [4.78, 5) is 36.3. The van der Waals surface area contributed by atoms with Crippen LogP contribution < -0.4 is 10.6 Å². The number of hydrogen-bond donors (Lipinski definition) is 3. The van der Waals surface area contributed by atoms with Crippen molar-refractivity contribution in [1.82, 2.24) is 15.6 Å². The average Bonchev–Trinajstić information content (AvgIpc) is 2.78. The first-order chi connectivity index (χ1) is 15.4. The summed E-state index contributed by atoms with van der Waals surface area (Å²) in [6, 6.07) is 5.66. The lowest BCUT2D eigenvalue weighted by molar-refractivity contribution is -0.125. The third-order valence-corrected chi connectivity index (χ3v) is 4.01. The van der Waals surface area contributed by atoms with E-state index in [4.69, 9.17) is 14.9 Å². The molecule has 1 atom stereocenters. The Morgan fingerprint density at radius 2 is 2.03 bits per heavy atom. The second-order valence-electron chi connectivity index (χ2n) is 7.25. The molecule has 1 unspecified atom stereocenters. The summed E-state index contributed by atoms with van der Waals surface area (Å²) in [6.45, 7) is 7.76. The molecule has 3 N–H and O–H groups in total. The standard InChI is InChI=1S/C22H32N6O4/c1-18(16-25-11-14-31-13-5-4-8-23)27-17-28-22(2,3)21(30)26-12-15-32-20(29)19-6-9-24-10-7-19/h4-10,18,23,25H,11-16H2,1-3H3,(H,26,30)/b5-4+,23-8?. The summed E-state index contributed by atoms with van der Waals surface area (Å²) in [5, 5.41) is 12.7. The molecule has 1 aromatic rings. The van der Waals surface area contributed by atoms with E-state index in [2.05, 4.69) is 31.6 Å². The SMILES string of the molecule is CC(CNCCOC/C=C/C=N)N=C=NC(C)(C)C(=O)NCCOC(=O)c1ccncc1. The zero-order chi connectivity index (χ0) is 23.7. The lowest BCUT2D eigenvalue weighted by Crippen LogP contribution is -2.42. The highest BCUT2D eigenvalue weighted by atomic mass is 16.5. The second-order valence-corrected chi connectivity index (χ2v) is 7.25. The van der Waals surface area contributed by atoms with E-state index >= 15 is 0 Å². The molecule has 0 saturated carbocycles. The van der Waals surface area contributed by atoms with Crippen molar-refractivity contribution in [3.8, 4) is 0 Å². The van der Waals surface area contributed by atoms with Crippen LogP contribution in [0.5, 0.6) is 0 Å². The predicted octanol–water partition coefficient (Wildman–Crippen LogP) is 1.51. The first kappa shape index (κ1) is 26.8. The van der Waals surface area contributed by atoms with Crippen LogP contribution >= 0.6 is 0 Å². The first-order valence-electron chi connectivity index (χ1n) is 10.3. The third kappa shape index (κ3) is 11.8. The van der Waals surface area contributed by atoms with Crippen molar-refractivity contribution >= 4 is 24.1 Å². The summed E-state index contributed by atoms with van der Waals surface area (Å²) < 4.78 is 10.5. The van der Waals surface area contributed by atoms with E-state index in [9.17, 15) is 9.59 Å². The molecular weight excluding hydrogens is 412 g/mol. The number of aliphatic imine (C=N–C) groups is 2. The second kappa shape index (κ2) is 15.6. The summed E-state index contributed by atoms with van der Waals surface area (Å²) in [7, 11) is 0. The van der Waals surface area contributed by atoms with Crippen LogP contribution in [0.15, 0.2) is 46.7 Å². The van der Waals surface area contributed by atoms with Crippen molar-refractivity contribution in [3.05, 3.63) is 42.2 Å². The van der Waals surface area contributed by atoms with Gasteiger partial charge in [0.2, 0.25) is 5.91 Å². The molecule has 0 aliphatic rings. The molecule has 10 heteroatoms. The fourth-order valence-corrected chi connectivity index (χ4v) is 2.18. The van der Waals surface area contributed by atoms with Gasteiger partial charge in [0.1, 0.15) is 12.1 Å². The average molecular weight is 445 g/mol. The molecule has 0 radical (unpaired) electrons. The van der Waals surface area contributed by atoms with Crippen LogP contribution in [-0.4, -0.2) is 80.1 Å². The minimum atomic E-state index is -1.05. The Kier molecular flexibility index (Phi) is 13.1. The smallest absolute Gasteiger partial charge is 0.338 e. The number of carbonyl (C=O) groups is 2. The largest absolute Gasteiger partial charge is 0.460 e. The molecule has 10 nitrogen and oxygen atoms in total. The summed E-state index contributed by atoms with van der Waals surface area (Å²) in [5.41, 5.74) is -0.649. The third-order valence-electron chi connectivity index (χ3n) is 4.01. The maximum atomic E-state index is 12.3. The Hall–Kier alpha value is -3.20. The summed E-state index contributed by atoms with van der Waals surface area (Å²) >= 11 is 0. The van der Waals surface area contributed by atoms with Gasteiger partial charge in [-0.1, -0.05) is 6.08 Å². The van der Waals surface area contributed by atoms with Gasteiger partial charge in [0, 0.05) is 31.7 Å². The molecule has 0 spiro atoms. The maximum absolute atomic E-state index is 12.3. The van der Waals surface area contributed by atoms with Gasteiger partial charge in [0.25, 0.3) is 0 Å². The number of allylic oxidation sites excluding steroid dienone is 1. The van der Waals surface area contributed by atoms with E-state index in [-0.39, 0.29) is 25.1 Å². The number of pyridine rings is 1. The van der Waals surface area contributed by atoms with Crippen molar-refractivity contribution in [3.63, 3.8) is 0 Å². The fourth-order valence-electron chi connectivity index (χ4n) is 2.18. The van der Waals surface area contributed by atoms with Crippen LogP contribution in [0.2, 0.25) is 0 Å². The Bertz CT molecular complexity index is 804. The zero-order valence-electron chi connectivity index (χ0n) is 18.8. The summed E-state index contributed by atoms with van der Waals surface area (Å²) in [5.74, 6) is -0.792. The fraction of sp³-hybridized carbons (Fsp3) is 0.500. The minimum absolute atomic E-state index is 0.0478. The topological polar surface area (TPSA) is 138 Å². The molecule has 1 amide bonds. The van der Waals surface area contributed by atoms with Crippen LogP contribution in [0, 0.1) is 5.41 Å². The molecule has 0 saturated heterocycles. The molecule has 1 heterocycles. The number of nitrogens with zero attached hydrogens (tertiary/aromatic N) is 3. The molecule has 1 aromatic heterocycles. The molecule has 174 valence electrons. The van der Waals surface area contributed by atoms with Gasteiger partial charge in [-0.3, -0.25) is 9.78 Å². The lowest BCUT2D eigenvalue weighted by Gasteiger charge is -2.17. The molecule has 32 heavy (non-hydrogen) atoms. The van der Waals surface area contributed by atoms with Crippen molar-refractivity contribution in [2.75, 3.05) is 39.5 Å². The number of rotatable bonds is 15. The Morgan fingerprint density at radius 1 is 1.28 bits per heavy atom. The number of ether oxygens (including phenoxy) is 2. The highest BCUT2D eigenvalue weighted by Gasteiger charge is 2.26. The van der Waals surface area contributed by atoms with Gasteiger partial charge >= 0.3 is 5.97 Å². The number of esters is 1. The molecule has 0 fully saturated rings. The van der Waals surface area contributed by atoms with Crippen LogP contribution in [0.4, 0.5) is 0 Å². The van der Waals surface area contributed by atoms with Crippen LogP contribution in [0.25, 0.3) is 0 Å². The van der Waals surface area contributed by atoms with Crippen molar-refractivity contribution < 1.29 is 19.1 Å². The number of aromatic nitrogens is 1. The Morgan fingerprint density at radius 3 is 2.75 bits per heavy atom. The van der Waals surface area contributed by atoms with E-state index in [1.165, 1.54) is 18.6 Å². The zero-order valence-corrected chi connectivity index (χ0v) is 18.8. The Balaban J connectivity index is 2.26. The van der Waals surface area contributed by atoms with E-state index in [0.717, 1.165) is 0 Å². The highest BCUT2D eigenvalue weighted by molar-refractivity contribution is 5.89. The first-order valence-corrected chi connectivity index (χ1v) is 10.3. The lowest BCUT2D eigenvalue weighted by atomic mass is 10.1. The number of nitrogens with one attached hydrogen (secondary N) is 3. The summed E-state index contributed by atoms with van der Waals surface area (Å²) in [6.07, 6.45) is 7.60. The maximum Gasteiger partial charge on any atom is 0.338 e. The predicted molar refractivity (Wildman–Crippen MR) is 123 cm³/mol. The number of hydrogen-bond acceptors (Lipinski definition) is 9. The van der Waals surface area contributed by atoms with Crippen molar-refractivity contribution in [2.45, 2.75) is 32.4 Å². The van der Waals surface area contributed by atoms with Gasteiger partial charge < -0.3 is 25.5 Å². The Labute approximate surface area is 188 Å².